The highest BCUT2D eigenvalue weighted by atomic mass is 35.5. The van der Waals surface area contributed by atoms with Crippen molar-refractivity contribution in [3.8, 4) is 0 Å². The first-order chi connectivity index (χ1) is 18.7. The smallest absolute Gasteiger partial charge is 0.291 e. The van der Waals surface area contributed by atoms with Gasteiger partial charge in [0.15, 0.2) is 0 Å². The van der Waals surface area contributed by atoms with E-state index in [-0.39, 0.29) is 47.9 Å². The zero-order chi connectivity index (χ0) is 28.3. The number of carbonyl (C=O) groups is 5. The first-order valence-corrected chi connectivity index (χ1v) is 14.9. The molecule has 5 amide bonds. The summed E-state index contributed by atoms with van der Waals surface area (Å²) in [5.74, 6) is -3.20. The third kappa shape index (κ3) is 6.66. The number of rotatable bonds is 10. The fraction of sp³-hybridized carbons (Fsp3) is 0.815. The van der Waals surface area contributed by atoms with E-state index in [1.807, 2.05) is 13.8 Å². The van der Waals surface area contributed by atoms with Gasteiger partial charge in [0.05, 0.1) is 12.5 Å². The predicted molar refractivity (Wildman–Crippen MR) is 141 cm³/mol. The maximum absolute atomic E-state index is 14.0. The van der Waals surface area contributed by atoms with Crippen molar-refractivity contribution in [2.75, 3.05) is 19.6 Å². The highest BCUT2D eigenvalue weighted by Gasteiger charge is 2.52. The molecule has 2 heterocycles. The molecule has 0 aromatic rings. The summed E-state index contributed by atoms with van der Waals surface area (Å²) in [4.78, 5) is 67.0. The van der Waals surface area contributed by atoms with Crippen LogP contribution in [0, 0.1) is 29.6 Å². The molecule has 4 rings (SSSR count). The first-order valence-electron chi connectivity index (χ1n) is 14.4. The Bertz CT molecular complexity index is 959. The number of hydrogen-bond donors (Lipinski definition) is 3. The van der Waals surface area contributed by atoms with Gasteiger partial charge in [0, 0.05) is 19.0 Å². The van der Waals surface area contributed by atoms with Crippen molar-refractivity contribution in [2.24, 2.45) is 29.6 Å². The zero-order valence-corrected chi connectivity index (χ0v) is 23.6. The van der Waals surface area contributed by atoms with E-state index in [2.05, 4.69) is 16.1 Å². The van der Waals surface area contributed by atoms with Crippen LogP contribution in [-0.2, 0) is 24.0 Å². The summed E-state index contributed by atoms with van der Waals surface area (Å²) in [7, 11) is 0. The molecule has 2 unspecified atom stereocenters. The second kappa shape index (κ2) is 12.8. The molecule has 2 aliphatic carbocycles. The summed E-state index contributed by atoms with van der Waals surface area (Å²) in [6.45, 7) is 4.65. The van der Waals surface area contributed by atoms with Crippen molar-refractivity contribution in [3.05, 3.63) is 0 Å². The molecule has 0 spiro atoms. The van der Waals surface area contributed by atoms with Crippen LogP contribution in [0.1, 0.15) is 71.6 Å². The molecule has 4 fully saturated rings. The molecule has 2 saturated heterocycles. The largest absolute Gasteiger partial charge is 0.356 e. The van der Waals surface area contributed by atoms with Crippen molar-refractivity contribution in [3.63, 3.8) is 0 Å². The van der Waals surface area contributed by atoms with Gasteiger partial charge < -0.3 is 15.5 Å². The normalized spacial score (nSPS) is 27.9. The van der Waals surface area contributed by atoms with E-state index in [4.69, 9.17) is 11.6 Å². The van der Waals surface area contributed by atoms with Gasteiger partial charge >= 0.3 is 0 Å². The minimum atomic E-state index is -2.39. The first kappa shape index (κ1) is 29.6. The van der Waals surface area contributed by atoms with E-state index in [0.717, 1.165) is 37.1 Å². The lowest BCUT2D eigenvalue weighted by atomic mass is 9.91. The minimum Gasteiger partial charge on any atom is -0.356 e. The van der Waals surface area contributed by atoms with E-state index in [0.29, 0.717) is 38.8 Å². The standard InChI is InChI=1S/C27H41ClFN5O5/c1-3-15(4-2)20(31-24(36)16-10-11-16)26(38)33-13-17-7-5-9-19(17)21(33)25(37)32-34(27(39)22(28)29)14-18-8-6-12-30-23(18)35/h15-22H,3-14H2,1-2H3,(H,30,35)(H,31,36)(H,32,37)/t17-,18+,19-,20?,21-,22?/m0/s1. The predicted octanol–water partition coefficient (Wildman–Crippen LogP) is 1.86. The van der Waals surface area contributed by atoms with Crippen LogP contribution in [0.25, 0.3) is 0 Å². The fourth-order valence-electron chi connectivity index (χ4n) is 6.54. The maximum atomic E-state index is 14.0. The van der Waals surface area contributed by atoms with Crippen molar-refractivity contribution in [1.82, 2.24) is 26.0 Å². The number of alkyl halides is 2. The molecular weight excluding hydrogens is 529 g/mol. The summed E-state index contributed by atoms with van der Waals surface area (Å²) >= 11 is 5.46. The maximum Gasteiger partial charge on any atom is 0.291 e. The molecule has 3 N–H and O–H groups in total. The summed E-state index contributed by atoms with van der Waals surface area (Å²) < 4.78 is 13.9. The summed E-state index contributed by atoms with van der Waals surface area (Å²) in [6, 6.07) is -1.62. The monoisotopic (exact) mass is 569 g/mol. The van der Waals surface area contributed by atoms with Gasteiger partial charge in [-0.05, 0) is 56.3 Å². The Labute approximate surface area is 234 Å². The SMILES string of the molecule is CCC(CC)C(NC(=O)C1CC1)C(=O)N1C[C@@H]2CCC[C@@H]2[C@H]1C(=O)NN(C[C@H]1CCCNC1=O)C(=O)C(F)Cl. The van der Waals surface area contributed by atoms with Crippen LogP contribution in [0.3, 0.4) is 0 Å². The molecule has 39 heavy (non-hydrogen) atoms. The highest BCUT2D eigenvalue weighted by molar-refractivity contribution is 6.29. The number of halogens is 2. The lowest BCUT2D eigenvalue weighted by Gasteiger charge is -2.35. The van der Waals surface area contributed by atoms with Crippen molar-refractivity contribution in [2.45, 2.75) is 89.3 Å². The van der Waals surface area contributed by atoms with E-state index < -0.39 is 35.4 Å². The van der Waals surface area contributed by atoms with Crippen LogP contribution in [-0.4, -0.2) is 76.8 Å². The zero-order valence-electron chi connectivity index (χ0n) is 22.8. The lowest BCUT2D eigenvalue weighted by molar-refractivity contribution is -0.150. The molecule has 0 aromatic carbocycles. The van der Waals surface area contributed by atoms with E-state index in [1.54, 1.807) is 4.90 Å². The number of likely N-dealkylation sites (tertiary alicyclic amines) is 1. The quantitative estimate of drug-likeness (QED) is 0.273. The Morgan fingerprint density at radius 2 is 1.79 bits per heavy atom. The van der Waals surface area contributed by atoms with E-state index >= 15 is 0 Å². The number of nitrogens with zero attached hydrogens (tertiary/aromatic N) is 2. The van der Waals surface area contributed by atoms with Crippen LogP contribution >= 0.6 is 11.6 Å². The van der Waals surface area contributed by atoms with Crippen LogP contribution in [0.15, 0.2) is 0 Å². The van der Waals surface area contributed by atoms with Crippen LogP contribution in [0.5, 0.6) is 0 Å². The Morgan fingerprint density at radius 1 is 1.08 bits per heavy atom. The summed E-state index contributed by atoms with van der Waals surface area (Å²) in [6.07, 6.45) is 6.74. The number of carbonyl (C=O) groups excluding carboxylic acids is 5. The third-order valence-corrected chi connectivity index (χ3v) is 9.16. The Morgan fingerprint density at radius 3 is 2.41 bits per heavy atom. The number of hydrogen-bond acceptors (Lipinski definition) is 5. The number of hydrazine groups is 1. The minimum absolute atomic E-state index is 0.0625. The van der Waals surface area contributed by atoms with Gasteiger partial charge in [-0.1, -0.05) is 44.7 Å². The second-order valence-electron chi connectivity index (χ2n) is 11.5. The Balaban J connectivity index is 1.56. The van der Waals surface area contributed by atoms with Crippen LogP contribution in [0.4, 0.5) is 4.39 Å². The molecule has 6 atom stereocenters. The molecule has 2 aliphatic heterocycles. The lowest BCUT2D eigenvalue weighted by Crippen LogP contribution is -2.60. The van der Waals surface area contributed by atoms with Crippen LogP contribution < -0.4 is 16.1 Å². The second-order valence-corrected chi connectivity index (χ2v) is 11.9. The average molecular weight is 570 g/mol. The van der Waals surface area contributed by atoms with Crippen LogP contribution in [0.2, 0.25) is 0 Å². The Kier molecular flexibility index (Phi) is 9.72. The molecule has 0 radical (unpaired) electrons. The van der Waals surface area contributed by atoms with Gasteiger partial charge in [-0.15, -0.1) is 0 Å². The molecule has 10 nitrogen and oxygen atoms in total. The number of fused-ring (bicyclic) bond motifs is 1. The van der Waals surface area contributed by atoms with Gasteiger partial charge in [0.1, 0.15) is 12.1 Å². The summed E-state index contributed by atoms with van der Waals surface area (Å²) in [5, 5.41) is 6.50. The molecule has 0 bridgehead atoms. The molecular formula is C27H41ClFN5O5. The third-order valence-electron chi connectivity index (χ3n) is 8.97. The van der Waals surface area contributed by atoms with Gasteiger partial charge in [-0.3, -0.25) is 29.4 Å². The van der Waals surface area contributed by atoms with Crippen molar-refractivity contribution in [1.29, 1.82) is 0 Å². The average Bonchev–Trinajstić information content (AvgIpc) is 3.57. The fourth-order valence-corrected chi connectivity index (χ4v) is 6.66. The van der Waals surface area contributed by atoms with Gasteiger partial charge in [-0.25, -0.2) is 9.40 Å². The molecule has 12 heteroatoms. The topological polar surface area (TPSA) is 128 Å². The van der Waals surface area contributed by atoms with Crippen molar-refractivity contribution >= 4 is 41.1 Å². The highest BCUT2D eigenvalue weighted by Crippen LogP contribution is 2.43. The number of nitrogens with one attached hydrogen (secondary N) is 3. The number of amides is 5. The van der Waals surface area contributed by atoms with E-state index in [9.17, 15) is 28.4 Å². The van der Waals surface area contributed by atoms with Gasteiger partial charge in [0.2, 0.25) is 17.7 Å². The molecule has 0 aromatic heterocycles. The number of piperidine rings is 1. The van der Waals surface area contributed by atoms with E-state index in [1.165, 1.54) is 0 Å². The molecule has 2 saturated carbocycles. The van der Waals surface area contributed by atoms with Gasteiger partial charge in [-0.2, -0.15) is 0 Å². The Hall–Kier alpha value is -2.43. The van der Waals surface area contributed by atoms with Gasteiger partial charge in [0.25, 0.3) is 17.4 Å². The molecule has 218 valence electrons. The molecule has 4 aliphatic rings. The van der Waals surface area contributed by atoms with Crippen molar-refractivity contribution < 1.29 is 28.4 Å². The summed E-state index contributed by atoms with van der Waals surface area (Å²) in [5.41, 5.74) is 0.136.